The van der Waals surface area contributed by atoms with Crippen molar-refractivity contribution in [2.75, 3.05) is 46.2 Å². The van der Waals surface area contributed by atoms with E-state index < -0.39 is 30.0 Å². The molecule has 0 aromatic heterocycles. The highest BCUT2D eigenvalue weighted by Crippen LogP contribution is 2.40. The van der Waals surface area contributed by atoms with Crippen LogP contribution < -0.4 is 33.6 Å². The van der Waals surface area contributed by atoms with Crippen molar-refractivity contribution in [1.82, 2.24) is 0 Å². The zero-order valence-corrected chi connectivity index (χ0v) is 50.1. The zero-order valence-electron chi connectivity index (χ0n) is 50.1. The van der Waals surface area contributed by atoms with Crippen molar-refractivity contribution in [3.63, 3.8) is 0 Å². The van der Waals surface area contributed by atoms with E-state index in [9.17, 15) is 34.0 Å². The average Bonchev–Trinajstić information content (AvgIpc) is 3.71. The van der Waals surface area contributed by atoms with E-state index >= 15 is 0 Å². The molecule has 3 aliphatic carbocycles. The molecule has 0 bridgehead atoms. The average molecular weight is 1220 g/mol. The van der Waals surface area contributed by atoms with Crippen molar-refractivity contribution in [1.29, 1.82) is 0 Å². The number of hydrogen-bond acceptors (Lipinski definition) is 20. The maximum absolute atomic E-state index is 13.2. The second kappa shape index (κ2) is 37.9. The molecule has 3 saturated carbocycles. The monoisotopic (exact) mass is 1220 g/mol. The largest absolute Gasteiger partial charge is 0.494 e. The molecule has 0 unspecified atom stereocenters. The highest BCUT2D eigenvalue weighted by atomic mass is 17.2. The van der Waals surface area contributed by atoms with E-state index in [1.807, 2.05) is 36.4 Å². The maximum Gasteiger partial charge on any atom is 0.330 e. The first-order valence-electron chi connectivity index (χ1n) is 30.9. The van der Waals surface area contributed by atoms with Gasteiger partial charge >= 0.3 is 23.9 Å². The molecule has 7 rings (SSSR count). The first-order valence-corrected chi connectivity index (χ1v) is 30.9. The summed E-state index contributed by atoms with van der Waals surface area (Å²) >= 11 is 0. The summed E-state index contributed by atoms with van der Waals surface area (Å²) < 4.78 is 33.1. The van der Waals surface area contributed by atoms with Crippen LogP contribution in [0.15, 0.2) is 110 Å². The Morgan fingerprint density at radius 1 is 0.455 bits per heavy atom. The van der Waals surface area contributed by atoms with Gasteiger partial charge in [0.25, 0.3) is 0 Å². The fourth-order valence-corrected chi connectivity index (χ4v) is 11.0. The number of hydrogen-bond donors (Lipinski definition) is 1. The van der Waals surface area contributed by atoms with Gasteiger partial charge in [0, 0.05) is 12.2 Å². The summed E-state index contributed by atoms with van der Waals surface area (Å²) in [5.41, 5.74) is 1.18. The summed E-state index contributed by atoms with van der Waals surface area (Å²) in [5, 5.41) is 9.90. The lowest BCUT2D eigenvalue weighted by Gasteiger charge is -2.32. The number of ether oxygens (including phenoxy) is 6. The van der Waals surface area contributed by atoms with Gasteiger partial charge in [-0.15, -0.1) is 0 Å². The molecule has 1 N–H and O–H groups in total. The molecule has 0 aliphatic heterocycles. The van der Waals surface area contributed by atoms with E-state index in [0.29, 0.717) is 96.5 Å². The van der Waals surface area contributed by atoms with Gasteiger partial charge in [0.2, 0.25) is 0 Å². The summed E-state index contributed by atoms with van der Waals surface area (Å²) in [5.74, 6) is 1.17. The predicted octanol–water partition coefficient (Wildman–Crippen LogP) is 13.4. The van der Waals surface area contributed by atoms with Crippen LogP contribution in [0.1, 0.15) is 161 Å². The highest BCUT2D eigenvalue weighted by molar-refractivity contribution is 5.84. The molecule has 1 atom stereocenters. The molecule has 0 radical (unpaired) electrons. The van der Waals surface area contributed by atoms with Crippen molar-refractivity contribution < 1.29 is 96.7 Å². The maximum atomic E-state index is 13.2. The Hall–Kier alpha value is -7.62. The van der Waals surface area contributed by atoms with E-state index in [4.69, 9.17) is 62.6 Å². The van der Waals surface area contributed by atoms with E-state index in [-0.39, 0.29) is 76.2 Å². The number of benzene rings is 4. The van der Waals surface area contributed by atoms with Crippen LogP contribution >= 0.6 is 0 Å². The first kappa shape index (κ1) is 67.9. The van der Waals surface area contributed by atoms with Crippen molar-refractivity contribution in [2.24, 2.45) is 35.5 Å². The SMILES string of the molecule is C=CC(=O)OCCCCCCOc1ccc(OOCC2CCC(C(=O)Oc3ccc(OOCC4CCC(C(=O)Oc5ccc(OOCC6CCC([C@H](OO)c7ccc(OCCCCCCOC(=O)C=C)cc7)CC6)c(C=O)c5)CC4)cc3C=O)CC2)cc1. The number of carbonyl (C=O) groups is 6. The Labute approximate surface area is 514 Å². The molecule has 20 heteroatoms. The molecule has 3 fully saturated rings. The normalized spacial score (nSPS) is 19.4. The lowest BCUT2D eigenvalue weighted by Crippen LogP contribution is -2.27. The molecule has 0 saturated heterocycles. The smallest absolute Gasteiger partial charge is 0.330 e. The van der Waals surface area contributed by atoms with Crippen LogP contribution in [0.3, 0.4) is 0 Å². The minimum atomic E-state index is -0.482. The van der Waals surface area contributed by atoms with Crippen LogP contribution in [0.2, 0.25) is 0 Å². The quantitative estimate of drug-likeness (QED) is 0.00830. The van der Waals surface area contributed by atoms with E-state index in [0.717, 1.165) is 119 Å². The highest BCUT2D eigenvalue weighted by Gasteiger charge is 2.32. The second-order valence-corrected chi connectivity index (χ2v) is 22.6. The summed E-state index contributed by atoms with van der Waals surface area (Å²) in [4.78, 5) is 111. The van der Waals surface area contributed by atoms with E-state index in [2.05, 4.69) is 13.2 Å². The molecular formula is C68H84O20. The standard InChI is InChI=1S/C68H84O20/c1-3-64(71)78-39-11-7-5-9-37-76-57-27-25-52(26-28-57)66(85-75)51-19-13-48(14-20-51)47-82-88-63-36-33-60(41-56(63)44-70)83-67(73)53-21-15-50(16-22-53)46-81-87-61-34-35-62(55(42-61)43-69)84-68(74)54-23-17-49(18-24-54)45-80-86-59-31-29-58(30-32-59)77-38-10-6-8-12-40-79-65(72)4-2/h3-4,25-36,41-44,48-51,53-54,66,75H,1-2,5-24,37-40,45-47H2/t48?,49?,50?,51?,53?,54?,66-/m0/s1. The topological polar surface area (TPSA) is 243 Å². The second-order valence-electron chi connectivity index (χ2n) is 22.6. The van der Waals surface area contributed by atoms with Crippen LogP contribution in [0.25, 0.3) is 0 Å². The number of rotatable bonds is 39. The van der Waals surface area contributed by atoms with Gasteiger partial charge < -0.3 is 43.1 Å². The molecule has 4 aromatic rings. The molecule has 3 aliphatic rings. The fraction of sp³-hybridized carbons (Fsp3) is 0.500. The van der Waals surface area contributed by atoms with Crippen molar-refractivity contribution >= 4 is 36.4 Å². The fourth-order valence-electron chi connectivity index (χ4n) is 11.0. The molecule has 0 spiro atoms. The van der Waals surface area contributed by atoms with Gasteiger partial charge in [-0.05, 0) is 230 Å². The molecular weight excluding hydrogens is 1140 g/mol. The van der Waals surface area contributed by atoms with Gasteiger partial charge in [0.15, 0.2) is 29.8 Å². The Balaban J connectivity index is 0.714. The third-order valence-electron chi connectivity index (χ3n) is 16.3. The van der Waals surface area contributed by atoms with Crippen molar-refractivity contribution in [3.8, 4) is 40.2 Å². The van der Waals surface area contributed by atoms with Crippen LogP contribution in [0.4, 0.5) is 0 Å². The van der Waals surface area contributed by atoms with Gasteiger partial charge in [-0.25, -0.2) is 14.5 Å². The number of carbonyl (C=O) groups excluding carboxylic acids is 6. The molecule has 20 nitrogen and oxygen atoms in total. The lowest BCUT2D eigenvalue weighted by molar-refractivity contribution is -0.296. The predicted molar refractivity (Wildman–Crippen MR) is 321 cm³/mol. The van der Waals surface area contributed by atoms with Gasteiger partial charge in [0.05, 0.1) is 69.2 Å². The Bertz CT molecular complexity index is 2790. The van der Waals surface area contributed by atoms with Gasteiger partial charge in [-0.1, -0.05) is 25.3 Å². The van der Waals surface area contributed by atoms with Crippen molar-refractivity contribution in [2.45, 2.75) is 135 Å². The van der Waals surface area contributed by atoms with Crippen LogP contribution in [0.5, 0.6) is 40.2 Å². The first-order chi connectivity index (χ1) is 43.0. The third kappa shape index (κ3) is 23.2. The van der Waals surface area contributed by atoms with Crippen LogP contribution in [-0.4, -0.2) is 88.0 Å². The summed E-state index contributed by atoms with van der Waals surface area (Å²) in [7, 11) is 0. The minimum Gasteiger partial charge on any atom is -0.494 e. The van der Waals surface area contributed by atoms with Crippen molar-refractivity contribution in [3.05, 3.63) is 127 Å². The number of unbranched alkanes of at least 4 members (excludes halogenated alkanes) is 6. The molecule has 4 aromatic carbocycles. The van der Waals surface area contributed by atoms with Crippen LogP contribution in [0, 0.1) is 35.5 Å². The number of aldehydes is 2. The molecule has 0 amide bonds. The Morgan fingerprint density at radius 2 is 0.864 bits per heavy atom. The zero-order chi connectivity index (χ0) is 62.1. The molecule has 476 valence electrons. The summed E-state index contributed by atoms with van der Waals surface area (Å²) in [6.45, 7) is 9.62. The summed E-state index contributed by atoms with van der Waals surface area (Å²) in [6, 6.07) is 23.9. The Kier molecular flexibility index (Phi) is 29.3. The van der Waals surface area contributed by atoms with Gasteiger partial charge in [-0.2, -0.15) is 14.7 Å². The molecule has 0 heterocycles. The van der Waals surface area contributed by atoms with E-state index in [1.54, 1.807) is 24.3 Å². The minimum absolute atomic E-state index is 0.0990. The Morgan fingerprint density at radius 3 is 1.38 bits per heavy atom. The molecule has 88 heavy (non-hydrogen) atoms. The van der Waals surface area contributed by atoms with Gasteiger partial charge in [0.1, 0.15) is 29.1 Å². The van der Waals surface area contributed by atoms with Gasteiger partial charge in [-0.3, -0.25) is 24.4 Å². The lowest BCUT2D eigenvalue weighted by atomic mass is 9.78. The van der Waals surface area contributed by atoms with Crippen LogP contribution in [-0.2, 0) is 48.2 Å². The van der Waals surface area contributed by atoms with E-state index in [1.165, 1.54) is 24.3 Å². The third-order valence-corrected chi connectivity index (χ3v) is 16.3. The summed E-state index contributed by atoms with van der Waals surface area (Å²) in [6.07, 6.45) is 18.7. The number of esters is 4.